The van der Waals surface area contributed by atoms with Gasteiger partial charge in [-0.25, -0.2) is 0 Å². The molecule has 0 saturated heterocycles. The van der Waals surface area contributed by atoms with E-state index in [1.165, 1.54) is 19.3 Å². The van der Waals surface area contributed by atoms with E-state index in [-0.39, 0.29) is 0 Å². The summed E-state index contributed by atoms with van der Waals surface area (Å²) in [6.07, 6.45) is 12.8. The fourth-order valence-corrected chi connectivity index (χ4v) is 1.04. The van der Waals surface area contributed by atoms with Gasteiger partial charge in [0.1, 0.15) is 0 Å². The molecule has 0 aliphatic carbocycles. The third-order valence-electron chi connectivity index (χ3n) is 1.76. The number of rotatable bonds is 8. The Balaban J connectivity index is 3.06. The standard InChI is InChI=1S/C11H21NO/c1-12-10-8-6-4-3-5-7-9-11-13-2/h5,7,9,11-12H,3-4,6,8,10H2,1-2H3/b7-5+,11-9+. The number of ether oxygens (including phenoxy) is 1. The maximum absolute atomic E-state index is 4.76. The van der Waals surface area contributed by atoms with Crippen molar-refractivity contribution in [3.05, 3.63) is 24.5 Å². The molecule has 0 radical (unpaired) electrons. The second-order valence-electron chi connectivity index (χ2n) is 2.95. The van der Waals surface area contributed by atoms with Crippen LogP contribution in [0, 0.1) is 0 Å². The lowest BCUT2D eigenvalue weighted by molar-refractivity contribution is 0.338. The van der Waals surface area contributed by atoms with Crippen LogP contribution in [-0.4, -0.2) is 20.7 Å². The SMILES string of the molecule is CNCCCCC/C=C/C=C/OC. The zero-order chi connectivity index (χ0) is 9.78. The number of allylic oxidation sites excluding steroid dienone is 3. The van der Waals surface area contributed by atoms with Gasteiger partial charge in [0.15, 0.2) is 0 Å². The van der Waals surface area contributed by atoms with Crippen LogP contribution >= 0.6 is 0 Å². The third kappa shape index (κ3) is 11.2. The van der Waals surface area contributed by atoms with Crippen molar-refractivity contribution < 1.29 is 4.74 Å². The summed E-state index contributed by atoms with van der Waals surface area (Å²) in [6, 6.07) is 0. The molecule has 0 fully saturated rings. The first kappa shape index (κ1) is 12.2. The zero-order valence-electron chi connectivity index (χ0n) is 8.75. The molecule has 0 spiro atoms. The zero-order valence-corrected chi connectivity index (χ0v) is 8.75. The first-order chi connectivity index (χ1) is 6.41. The van der Waals surface area contributed by atoms with Crippen molar-refractivity contribution >= 4 is 0 Å². The summed E-state index contributed by atoms with van der Waals surface area (Å²) >= 11 is 0. The van der Waals surface area contributed by atoms with Crippen molar-refractivity contribution in [2.45, 2.75) is 25.7 Å². The van der Waals surface area contributed by atoms with Crippen LogP contribution in [0.1, 0.15) is 25.7 Å². The molecule has 0 aromatic heterocycles. The predicted octanol–water partition coefficient (Wildman–Crippen LogP) is 2.48. The molecule has 0 atom stereocenters. The molecule has 0 amide bonds. The molecule has 0 unspecified atom stereocenters. The normalized spacial score (nSPS) is 11.5. The van der Waals surface area contributed by atoms with E-state index in [2.05, 4.69) is 11.4 Å². The summed E-state index contributed by atoms with van der Waals surface area (Å²) in [5.41, 5.74) is 0. The molecular weight excluding hydrogens is 162 g/mol. The maximum Gasteiger partial charge on any atom is 0.0824 e. The molecule has 0 saturated carbocycles. The Morgan fingerprint density at radius 3 is 2.69 bits per heavy atom. The summed E-state index contributed by atoms with van der Waals surface area (Å²) in [5, 5.41) is 3.14. The monoisotopic (exact) mass is 183 g/mol. The molecule has 13 heavy (non-hydrogen) atoms. The summed E-state index contributed by atoms with van der Waals surface area (Å²) in [6.45, 7) is 1.13. The van der Waals surface area contributed by atoms with Gasteiger partial charge in [0.05, 0.1) is 13.4 Å². The average Bonchev–Trinajstić information content (AvgIpc) is 2.16. The van der Waals surface area contributed by atoms with Crippen molar-refractivity contribution in [2.24, 2.45) is 0 Å². The topological polar surface area (TPSA) is 21.3 Å². The van der Waals surface area contributed by atoms with Crippen LogP contribution in [-0.2, 0) is 4.74 Å². The van der Waals surface area contributed by atoms with Gasteiger partial charge in [0, 0.05) is 0 Å². The molecule has 76 valence electrons. The van der Waals surface area contributed by atoms with Gasteiger partial charge in [-0.2, -0.15) is 0 Å². The van der Waals surface area contributed by atoms with E-state index < -0.39 is 0 Å². The molecular formula is C11H21NO. The lowest BCUT2D eigenvalue weighted by Gasteiger charge is -1.96. The van der Waals surface area contributed by atoms with E-state index in [4.69, 9.17) is 4.74 Å². The minimum atomic E-state index is 1.13. The van der Waals surface area contributed by atoms with Gasteiger partial charge < -0.3 is 10.1 Å². The lowest BCUT2D eigenvalue weighted by atomic mass is 10.2. The van der Waals surface area contributed by atoms with Crippen LogP contribution in [0.25, 0.3) is 0 Å². The fraction of sp³-hybridized carbons (Fsp3) is 0.636. The maximum atomic E-state index is 4.76. The second-order valence-corrected chi connectivity index (χ2v) is 2.95. The Kier molecular flexibility index (Phi) is 10.6. The first-order valence-corrected chi connectivity index (χ1v) is 4.91. The average molecular weight is 183 g/mol. The third-order valence-corrected chi connectivity index (χ3v) is 1.76. The Morgan fingerprint density at radius 1 is 1.15 bits per heavy atom. The molecule has 0 bridgehead atoms. The highest BCUT2D eigenvalue weighted by Gasteiger charge is 1.84. The molecule has 0 rings (SSSR count). The molecule has 0 aromatic rings. The van der Waals surface area contributed by atoms with E-state index in [9.17, 15) is 0 Å². The number of unbranched alkanes of at least 4 members (excludes halogenated alkanes) is 3. The van der Waals surface area contributed by atoms with Crippen molar-refractivity contribution in [1.82, 2.24) is 5.32 Å². The van der Waals surface area contributed by atoms with E-state index in [1.807, 2.05) is 19.2 Å². The van der Waals surface area contributed by atoms with Gasteiger partial charge in [-0.1, -0.05) is 18.6 Å². The number of hydrogen-bond acceptors (Lipinski definition) is 2. The van der Waals surface area contributed by atoms with Crippen LogP contribution in [0.5, 0.6) is 0 Å². The van der Waals surface area contributed by atoms with Gasteiger partial charge in [0.2, 0.25) is 0 Å². The highest BCUT2D eigenvalue weighted by molar-refractivity contribution is 4.99. The first-order valence-electron chi connectivity index (χ1n) is 4.91. The lowest BCUT2D eigenvalue weighted by Crippen LogP contribution is -2.06. The minimum Gasteiger partial charge on any atom is -0.504 e. The second kappa shape index (κ2) is 11.2. The highest BCUT2D eigenvalue weighted by Crippen LogP contribution is 1.99. The van der Waals surface area contributed by atoms with Gasteiger partial charge >= 0.3 is 0 Å². The van der Waals surface area contributed by atoms with E-state index in [0.717, 1.165) is 13.0 Å². The summed E-state index contributed by atoms with van der Waals surface area (Å²) in [4.78, 5) is 0. The van der Waals surface area contributed by atoms with Gasteiger partial charge in [-0.05, 0) is 38.9 Å². The Morgan fingerprint density at radius 2 is 2.00 bits per heavy atom. The van der Waals surface area contributed by atoms with E-state index in [0.29, 0.717) is 0 Å². The van der Waals surface area contributed by atoms with Crippen molar-refractivity contribution in [2.75, 3.05) is 20.7 Å². The molecule has 0 aliphatic rings. The fourth-order valence-electron chi connectivity index (χ4n) is 1.04. The smallest absolute Gasteiger partial charge is 0.0824 e. The Bertz CT molecular complexity index is 141. The summed E-state index contributed by atoms with van der Waals surface area (Å²) < 4.78 is 4.76. The molecule has 0 aromatic carbocycles. The highest BCUT2D eigenvalue weighted by atomic mass is 16.5. The van der Waals surface area contributed by atoms with Gasteiger partial charge in [-0.3, -0.25) is 0 Å². The summed E-state index contributed by atoms with van der Waals surface area (Å²) in [5.74, 6) is 0. The van der Waals surface area contributed by atoms with Crippen LogP contribution in [0.4, 0.5) is 0 Å². The molecule has 2 heteroatoms. The van der Waals surface area contributed by atoms with Crippen LogP contribution < -0.4 is 5.32 Å². The molecule has 1 N–H and O–H groups in total. The molecule has 2 nitrogen and oxygen atoms in total. The van der Waals surface area contributed by atoms with Crippen molar-refractivity contribution in [3.8, 4) is 0 Å². The minimum absolute atomic E-state index is 1.13. The Labute approximate surface area is 81.7 Å². The summed E-state index contributed by atoms with van der Waals surface area (Å²) in [7, 11) is 3.65. The number of methoxy groups -OCH3 is 1. The number of hydrogen-bond donors (Lipinski definition) is 1. The van der Waals surface area contributed by atoms with E-state index in [1.54, 1.807) is 13.4 Å². The molecule has 0 heterocycles. The van der Waals surface area contributed by atoms with Crippen LogP contribution in [0.15, 0.2) is 24.5 Å². The van der Waals surface area contributed by atoms with Crippen molar-refractivity contribution in [1.29, 1.82) is 0 Å². The van der Waals surface area contributed by atoms with E-state index >= 15 is 0 Å². The number of nitrogens with one attached hydrogen (secondary N) is 1. The van der Waals surface area contributed by atoms with Crippen LogP contribution in [0.3, 0.4) is 0 Å². The van der Waals surface area contributed by atoms with Crippen molar-refractivity contribution in [3.63, 3.8) is 0 Å². The Hall–Kier alpha value is -0.760. The van der Waals surface area contributed by atoms with Gasteiger partial charge in [0.25, 0.3) is 0 Å². The van der Waals surface area contributed by atoms with Gasteiger partial charge in [-0.15, -0.1) is 0 Å². The molecule has 0 aliphatic heterocycles. The van der Waals surface area contributed by atoms with Crippen LogP contribution in [0.2, 0.25) is 0 Å². The predicted molar refractivity (Wildman–Crippen MR) is 57.7 cm³/mol. The largest absolute Gasteiger partial charge is 0.504 e. The quantitative estimate of drug-likeness (QED) is 0.354.